The number of nitrogens with two attached hydrogens (primary N) is 1. The molecule has 0 amide bonds. The minimum atomic E-state index is -5.78. The molecule has 516 valence electrons. The highest BCUT2D eigenvalue weighted by molar-refractivity contribution is 8.76. The molecule has 3 aliphatic heterocycles. The highest BCUT2D eigenvalue weighted by Gasteiger charge is 2.46. The van der Waals surface area contributed by atoms with Gasteiger partial charge >= 0.3 is 40.0 Å². The van der Waals surface area contributed by atoms with Crippen LogP contribution in [0.1, 0.15) is 134 Å². The standard InChI is InChI=1S/C60H81N6O17P3S4.O3S/c1-8-64-47-26-16-15-25-45(47)59(3,4)51(64)27-12-9-13-28-52-60(5,6)46-36-42(2)30-31-48(46)65(52)32-18-10-11-23-44(67)24-21-35-88-89-40-77-33-19-20-34-78-54(68)29-17-14-22-43-38-66(56-55(43)57(69)63-58(61)62-56)53-37-49(79-41-90(7)87)50(81-53)39-80-85(73,74)83-86(75,76)82-84(70,71)72;1-4(2)3/h9,12-13,15-16,25-28,30-31,36,38,49-50,53H,8,10-11,17-21,23-24,29,32-35,37,39-41H2,1-7H3,(H6-,61,62,63,69,70,71,72,73,74,75,76);/p+1/t49-,50+,53+,90?;/m0./s1. The minimum absolute atomic E-state index is 0.0225. The van der Waals surface area contributed by atoms with E-state index in [-0.39, 0.29) is 65.2 Å². The monoisotopic (exact) mass is 1460 g/mol. The quantitative estimate of drug-likeness (QED) is 0.00364. The number of fused-ring (bicyclic) bond motifs is 3. The topological polar surface area (TPSA) is 365 Å². The summed E-state index contributed by atoms with van der Waals surface area (Å²) in [6.07, 6.45) is 17.4. The maximum atomic E-state index is 13.2. The van der Waals surface area contributed by atoms with Crippen molar-refractivity contribution in [1.82, 2.24) is 14.5 Å². The van der Waals surface area contributed by atoms with Crippen molar-refractivity contribution >= 4 is 122 Å². The zero-order valence-electron chi connectivity index (χ0n) is 53.2. The van der Waals surface area contributed by atoms with Crippen molar-refractivity contribution in [3.05, 3.63) is 117 Å². The summed E-state index contributed by atoms with van der Waals surface area (Å²) in [5.41, 5.74) is 14.4. The smallest absolute Gasteiger partial charge is 0.466 e. The second kappa shape index (κ2) is 36.2. The molecular weight excluding hydrogens is 1380 g/mol. The van der Waals surface area contributed by atoms with E-state index in [2.05, 4.69) is 154 Å². The molecule has 0 saturated carbocycles. The molecule has 7 rings (SSSR count). The number of phosphoric ester groups is 1. The number of nitrogens with one attached hydrogen (secondary N) is 1. The number of ketones is 1. The number of esters is 1. The number of allylic oxidation sites excluding steroid dienone is 6. The number of aryl methyl sites for hydroxylation is 1. The minimum Gasteiger partial charge on any atom is -0.466 e. The van der Waals surface area contributed by atoms with Gasteiger partial charge in [0.2, 0.25) is 11.6 Å². The van der Waals surface area contributed by atoms with E-state index in [1.807, 2.05) is 0 Å². The summed E-state index contributed by atoms with van der Waals surface area (Å²) in [6, 6.07) is 15.5. The normalized spacial score (nSPS) is 19.4. The Hall–Kier alpha value is -4.77. The zero-order valence-corrected chi connectivity index (χ0v) is 60.0. The molecule has 1 fully saturated rings. The van der Waals surface area contributed by atoms with Crippen LogP contribution in [0.5, 0.6) is 0 Å². The van der Waals surface area contributed by atoms with E-state index in [1.54, 1.807) is 27.8 Å². The second-order valence-corrected chi connectivity index (χ2v) is 33.4. The summed E-state index contributed by atoms with van der Waals surface area (Å²) in [6.45, 7) is 15.3. The van der Waals surface area contributed by atoms with E-state index in [0.717, 1.165) is 44.5 Å². The number of para-hydroxylation sites is 1. The number of phosphoric acid groups is 3. The van der Waals surface area contributed by atoms with Crippen LogP contribution in [0.15, 0.2) is 89.5 Å². The van der Waals surface area contributed by atoms with E-state index in [4.69, 9.17) is 62.8 Å². The van der Waals surface area contributed by atoms with Gasteiger partial charge in [0.25, 0.3) is 5.56 Å². The molecule has 3 aliphatic rings. The van der Waals surface area contributed by atoms with Gasteiger partial charge < -0.3 is 53.7 Å². The first-order valence-corrected chi connectivity index (χ1v) is 40.8. The molecule has 4 aromatic rings. The molecule has 2 aromatic carbocycles. The second-order valence-electron chi connectivity index (χ2n) is 23.0. The number of rotatable bonds is 35. The predicted octanol–water partition coefficient (Wildman–Crippen LogP) is 9.91. The Morgan fingerprint density at radius 3 is 2.37 bits per heavy atom. The fourth-order valence-electron chi connectivity index (χ4n) is 11.0. The molecule has 94 heavy (non-hydrogen) atoms. The lowest BCUT2D eigenvalue weighted by atomic mass is 9.81. The first-order chi connectivity index (χ1) is 44.3. The number of aromatic nitrogens is 3. The van der Waals surface area contributed by atoms with Crippen molar-refractivity contribution in [2.24, 2.45) is 0 Å². The Morgan fingerprint density at radius 2 is 1.65 bits per heavy atom. The lowest BCUT2D eigenvalue weighted by molar-refractivity contribution is -0.438. The number of unbranched alkanes of at least 4 members (excludes halogenated alkanes) is 3. The number of anilines is 2. The third kappa shape index (κ3) is 23.5. The van der Waals surface area contributed by atoms with Crippen LogP contribution >= 0.6 is 45.1 Å². The molecule has 0 spiro atoms. The Morgan fingerprint density at radius 1 is 0.926 bits per heavy atom. The van der Waals surface area contributed by atoms with Crippen LogP contribution in [0, 0.1) is 18.8 Å². The molecule has 3 unspecified atom stereocenters. The third-order valence-corrected chi connectivity index (χ3v) is 21.9. The van der Waals surface area contributed by atoms with Gasteiger partial charge in [0.1, 0.15) is 30.6 Å². The van der Waals surface area contributed by atoms with Gasteiger partial charge in [0, 0.05) is 91.7 Å². The first-order valence-electron chi connectivity index (χ1n) is 30.0. The molecule has 0 bridgehead atoms. The van der Waals surface area contributed by atoms with E-state index >= 15 is 0 Å². The van der Waals surface area contributed by atoms with Crippen molar-refractivity contribution in [2.75, 3.05) is 67.4 Å². The van der Waals surface area contributed by atoms with E-state index in [0.29, 0.717) is 44.0 Å². The van der Waals surface area contributed by atoms with Gasteiger partial charge in [0.05, 0.1) is 48.0 Å². The van der Waals surface area contributed by atoms with Crippen molar-refractivity contribution < 1.29 is 92.2 Å². The van der Waals surface area contributed by atoms with Gasteiger partial charge in [-0.25, -0.2) is 13.7 Å². The average molecular weight is 1460 g/mol. The number of aromatic amines is 1. The molecule has 26 nitrogen and oxygen atoms in total. The fraction of sp³-hybridized carbons (Fsp3) is 0.517. The number of likely N-dealkylation sites (N-methyl/N-ethyl adjacent to an activating group) is 1. The van der Waals surface area contributed by atoms with E-state index in [9.17, 15) is 37.9 Å². The number of benzene rings is 2. The molecule has 5 heterocycles. The number of H-pyrrole nitrogens is 1. The number of carbonyl (C=O) groups excluding carboxylic acids is 2. The Balaban J connectivity index is 0.00000340. The largest absolute Gasteiger partial charge is 0.490 e. The van der Waals surface area contributed by atoms with Gasteiger partial charge in [-0.2, -0.15) is 18.2 Å². The highest BCUT2D eigenvalue weighted by atomic mass is 33.1. The Labute approximate surface area is 563 Å². The van der Waals surface area contributed by atoms with Crippen LogP contribution in [0.3, 0.4) is 0 Å². The van der Waals surface area contributed by atoms with Gasteiger partial charge in [-0.1, -0.05) is 105 Å². The highest BCUT2D eigenvalue weighted by Crippen LogP contribution is 2.66. The molecule has 34 heteroatoms. The predicted molar refractivity (Wildman–Crippen MR) is 366 cm³/mol. The van der Waals surface area contributed by atoms with Gasteiger partial charge in [-0.3, -0.25) is 23.9 Å². The van der Waals surface area contributed by atoms with E-state index in [1.165, 1.54) is 50.2 Å². The van der Waals surface area contributed by atoms with Crippen molar-refractivity contribution in [3.63, 3.8) is 0 Å². The summed E-state index contributed by atoms with van der Waals surface area (Å²) in [5.74, 6) is 6.82. The lowest BCUT2D eigenvalue weighted by Gasteiger charge is -2.25. The summed E-state index contributed by atoms with van der Waals surface area (Å²) in [7, 11) is -17.4. The molecule has 7 N–H and O–H groups in total. The summed E-state index contributed by atoms with van der Waals surface area (Å²) in [5, 5.41) is 0.0520. The maximum absolute atomic E-state index is 13.2. The number of ether oxygens (including phenoxy) is 4. The zero-order chi connectivity index (χ0) is 69.0. The Kier molecular flexibility index (Phi) is 30.1. The number of hydrogen-bond acceptors (Lipinski definition) is 22. The number of nitrogen functional groups attached to an aromatic ring is 1. The maximum Gasteiger partial charge on any atom is 0.490 e. The summed E-state index contributed by atoms with van der Waals surface area (Å²) in [4.78, 5) is 85.0. The van der Waals surface area contributed by atoms with Crippen LogP contribution in [0.25, 0.3) is 11.0 Å². The van der Waals surface area contributed by atoms with Crippen molar-refractivity contribution in [2.45, 2.75) is 141 Å². The van der Waals surface area contributed by atoms with Crippen LogP contribution in [0.2, 0.25) is 0 Å². The fourth-order valence-corrected chi connectivity index (χ4v) is 16.3. The number of hydrogen-bond donors (Lipinski definition) is 6. The third-order valence-electron chi connectivity index (χ3n) is 15.2. The number of carbonyl (C=O) groups is 2. The first kappa shape index (κ1) is 78.2. The van der Waals surface area contributed by atoms with E-state index < -0.39 is 80.1 Å². The van der Waals surface area contributed by atoms with Crippen LogP contribution in [-0.4, -0.2) is 138 Å². The number of nitrogens with zero attached hydrogens (tertiary/aromatic N) is 4. The average Bonchev–Trinajstić information content (AvgIpc) is 1.61. The summed E-state index contributed by atoms with van der Waals surface area (Å²) >= 11 is 5.24. The lowest BCUT2D eigenvalue weighted by Crippen LogP contribution is -2.29. The van der Waals surface area contributed by atoms with Gasteiger partial charge in [-0.15, -0.1) is 12.6 Å². The molecule has 6 atom stereocenters. The molecule has 2 aromatic heterocycles. The molecule has 0 radical (unpaired) electrons. The van der Waals surface area contributed by atoms with Gasteiger partial charge in [0.15, 0.2) is 11.4 Å². The number of Topliss-reactive ketones (excluding diaryl/α,β-unsaturated/α-hetero) is 1. The molecule has 0 aliphatic carbocycles. The summed E-state index contributed by atoms with van der Waals surface area (Å²) < 4.78 is 100. The van der Waals surface area contributed by atoms with Crippen LogP contribution in [0.4, 0.5) is 17.3 Å². The molecule has 1 saturated heterocycles. The van der Waals surface area contributed by atoms with Crippen LogP contribution in [-0.2, 0) is 97.5 Å². The SMILES string of the molecule is CCN1\C(=C/C=C/C=C/C2=[N+](CCCCCC(=O)CCCSSCOCCCCOC(=O)CCC#Cc3cn([C@H]4C[C@H](OCS(C)=S)[C@@H](COP(=O)(O)OP(=O)(O)OP(=O)(O)O)O4)c4nc(N)[nH]c(=O)c34)c3ccc(C)cc3C2(C)C)C(C)(C)c2ccccc21.O=S(=O)=O. The van der Waals surface area contributed by atoms with Gasteiger partial charge in [-0.05, 0) is 101 Å². The van der Waals surface area contributed by atoms with Crippen molar-refractivity contribution in [1.29, 1.82) is 0 Å². The van der Waals surface area contributed by atoms with Crippen LogP contribution < -0.4 is 16.2 Å². The van der Waals surface area contributed by atoms with Crippen molar-refractivity contribution in [3.8, 4) is 11.8 Å². The molecular formula is C60H82N6O20P3S5+. The Bertz CT molecular complexity index is 3890.